The highest BCUT2D eigenvalue weighted by Crippen LogP contribution is 2.27. The number of hydrogen-bond donors (Lipinski definition) is 0. The summed E-state index contributed by atoms with van der Waals surface area (Å²) in [7, 11) is 1.28. The molecule has 0 unspecified atom stereocenters. The Morgan fingerprint density at radius 2 is 2.00 bits per heavy atom. The van der Waals surface area contributed by atoms with Crippen LogP contribution in [0, 0.1) is 0 Å². The lowest BCUT2D eigenvalue weighted by molar-refractivity contribution is 0.0561. The lowest BCUT2D eigenvalue weighted by Gasteiger charge is -2.10. The number of esters is 1. The number of carbonyl (C=O) groups is 2. The maximum atomic E-state index is 11.6. The van der Waals surface area contributed by atoms with E-state index in [4.69, 9.17) is 9.15 Å². The average Bonchev–Trinajstić information content (AvgIpc) is 3.07. The molecule has 1 heterocycles. The topological polar surface area (TPSA) is 65.7 Å². The van der Waals surface area contributed by atoms with Gasteiger partial charge in [0.25, 0.3) is 0 Å². The summed E-state index contributed by atoms with van der Waals surface area (Å²) in [6.07, 6.45) is 2.17. The van der Waals surface area contributed by atoms with Crippen LogP contribution in [0.25, 0.3) is 10.8 Å². The van der Waals surface area contributed by atoms with Crippen LogP contribution in [0.2, 0.25) is 0 Å². The van der Waals surface area contributed by atoms with Crippen LogP contribution in [-0.4, -0.2) is 19.4 Å². The van der Waals surface area contributed by atoms with Gasteiger partial charge in [0.2, 0.25) is 5.76 Å². The number of methoxy groups -OCH3 is 1. The fourth-order valence-electron chi connectivity index (χ4n) is 2.40. The van der Waals surface area contributed by atoms with Crippen molar-refractivity contribution in [2.24, 2.45) is 0 Å². The molecule has 0 aliphatic carbocycles. The number of rotatable bonds is 5. The molecule has 0 fully saturated rings. The molecule has 3 aromatic rings. The average molecular weight is 310 g/mol. The summed E-state index contributed by atoms with van der Waals surface area (Å²) in [5.41, 5.74) is 1.04. The normalized spacial score (nSPS) is 10.5. The molecule has 0 saturated carbocycles. The van der Waals surface area contributed by atoms with Crippen LogP contribution in [0.3, 0.4) is 0 Å². The fraction of sp³-hybridized carbons (Fsp3) is 0.111. The van der Waals surface area contributed by atoms with Crippen molar-refractivity contribution in [3.63, 3.8) is 0 Å². The van der Waals surface area contributed by atoms with Crippen molar-refractivity contribution in [1.82, 2.24) is 0 Å². The molecule has 116 valence electrons. The molecule has 0 N–H and O–H groups in total. The molecular formula is C18H14O5. The van der Waals surface area contributed by atoms with Crippen LogP contribution in [0.1, 0.15) is 26.5 Å². The molecular weight excluding hydrogens is 296 g/mol. The molecule has 0 aliphatic rings. The van der Waals surface area contributed by atoms with E-state index in [-0.39, 0.29) is 12.4 Å². The van der Waals surface area contributed by atoms with Crippen LogP contribution in [0.15, 0.2) is 53.1 Å². The molecule has 0 saturated heterocycles. The standard InChI is InChI=1S/C18H14O5/c1-21-18(20)17-13(8-9-22-17)11-23-16-7-6-12-4-2-3-5-14(12)15(16)10-19/h2-10H,11H2,1H3. The molecule has 1 aromatic heterocycles. The fourth-order valence-corrected chi connectivity index (χ4v) is 2.40. The van der Waals surface area contributed by atoms with Crippen molar-refractivity contribution in [1.29, 1.82) is 0 Å². The van der Waals surface area contributed by atoms with Crippen molar-refractivity contribution in [3.8, 4) is 5.75 Å². The number of hydrogen-bond acceptors (Lipinski definition) is 5. The summed E-state index contributed by atoms with van der Waals surface area (Å²) in [6, 6.07) is 12.8. The Morgan fingerprint density at radius 1 is 1.17 bits per heavy atom. The summed E-state index contributed by atoms with van der Waals surface area (Å²) in [6.45, 7) is 0.0973. The number of aldehydes is 1. The maximum absolute atomic E-state index is 11.6. The van der Waals surface area contributed by atoms with Gasteiger partial charge in [0.05, 0.1) is 18.9 Å². The van der Waals surface area contributed by atoms with Crippen molar-refractivity contribution in [3.05, 3.63) is 65.6 Å². The minimum Gasteiger partial charge on any atom is -0.488 e. The second kappa shape index (κ2) is 6.36. The first-order valence-corrected chi connectivity index (χ1v) is 6.99. The Labute approximate surface area is 132 Å². The van der Waals surface area contributed by atoms with Gasteiger partial charge in [-0.3, -0.25) is 4.79 Å². The Hall–Kier alpha value is -3.08. The number of furan rings is 1. The zero-order valence-corrected chi connectivity index (χ0v) is 12.4. The van der Waals surface area contributed by atoms with E-state index in [1.807, 2.05) is 30.3 Å². The molecule has 3 rings (SSSR count). The molecule has 0 radical (unpaired) electrons. The second-order valence-corrected chi connectivity index (χ2v) is 4.87. The van der Waals surface area contributed by atoms with Gasteiger partial charge < -0.3 is 13.9 Å². The van der Waals surface area contributed by atoms with Crippen LogP contribution in [0.4, 0.5) is 0 Å². The molecule has 23 heavy (non-hydrogen) atoms. The third kappa shape index (κ3) is 2.81. The molecule has 5 nitrogen and oxygen atoms in total. The van der Waals surface area contributed by atoms with Gasteiger partial charge in [0.15, 0.2) is 6.29 Å². The molecule has 0 aliphatic heterocycles. The Bertz CT molecular complexity index is 863. The van der Waals surface area contributed by atoms with E-state index in [0.717, 1.165) is 17.1 Å². The van der Waals surface area contributed by atoms with Crippen molar-refractivity contribution < 1.29 is 23.5 Å². The van der Waals surface area contributed by atoms with E-state index in [2.05, 4.69) is 4.74 Å². The van der Waals surface area contributed by atoms with Gasteiger partial charge in [-0.05, 0) is 22.9 Å². The van der Waals surface area contributed by atoms with E-state index >= 15 is 0 Å². The monoisotopic (exact) mass is 310 g/mol. The summed E-state index contributed by atoms with van der Waals surface area (Å²) >= 11 is 0. The smallest absolute Gasteiger partial charge is 0.374 e. The lowest BCUT2D eigenvalue weighted by Crippen LogP contribution is -2.06. The lowest BCUT2D eigenvalue weighted by atomic mass is 10.0. The van der Waals surface area contributed by atoms with Gasteiger partial charge in [-0.2, -0.15) is 0 Å². The molecule has 0 atom stereocenters. The number of carbonyl (C=O) groups excluding carboxylic acids is 2. The van der Waals surface area contributed by atoms with Crippen molar-refractivity contribution in [2.75, 3.05) is 7.11 Å². The summed E-state index contributed by atoms with van der Waals surface area (Å²) < 4.78 is 15.5. The molecule has 0 spiro atoms. The van der Waals surface area contributed by atoms with E-state index in [9.17, 15) is 9.59 Å². The Kier molecular flexibility index (Phi) is 4.10. The van der Waals surface area contributed by atoms with Crippen LogP contribution in [-0.2, 0) is 11.3 Å². The van der Waals surface area contributed by atoms with Gasteiger partial charge in [0.1, 0.15) is 12.4 Å². The highest BCUT2D eigenvalue weighted by Gasteiger charge is 2.17. The predicted molar refractivity (Wildman–Crippen MR) is 83.7 cm³/mol. The predicted octanol–water partition coefficient (Wildman–Crippen LogP) is 3.61. The van der Waals surface area contributed by atoms with Gasteiger partial charge in [-0.1, -0.05) is 30.3 Å². The van der Waals surface area contributed by atoms with Crippen LogP contribution in [0.5, 0.6) is 5.75 Å². The first kappa shape index (κ1) is 14.8. The summed E-state index contributed by atoms with van der Waals surface area (Å²) in [5, 5.41) is 1.78. The third-order valence-electron chi connectivity index (χ3n) is 3.55. The first-order valence-electron chi connectivity index (χ1n) is 6.99. The van der Waals surface area contributed by atoms with E-state index < -0.39 is 5.97 Å². The zero-order valence-electron chi connectivity index (χ0n) is 12.4. The van der Waals surface area contributed by atoms with Gasteiger partial charge in [-0.25, -0.2) is 4.79 Å². The highest BCUT2D eigenvalue weighted by atomic mass is 16.5. The van der Waals surface area contributed by atoms with E-state index in [0.29, 0.717) is 16.9 Å². The first-order chi connectivity index (χ1) is 11.2. The molecule has 0 amide bonds. The van der Waals surface area contributed by atoms with E-state index in [1.54, 1.807) is 12.1 Å². The minimum absolute atomic E-state index is 0.0973. The maximum Gasteiger partial charge on any atom is 0.374 e. The van der Waals surface area contributed by atoms with Crippen LogP contribution < -0.4 is 4.74 Å². The highest BCUT2D eigenvalue weighted by molar-refractivity contribution is 6.00. The van der Waals surface area contributed by atoms with Gasteiger partial charge >= 0.3 is 5.97 Å². The molecule has 2 aromatic carbocycles. The molecule has 0 bridgehead atoms. The largest absolute Gasteiger partial charge is 0.488 e. The number of ether oxygens (including phenoxy) is 2. The van der Waals surface area contributed by atoms with Gasteiger partial charge in [0, 0.05) is 5.56 Å². The summed E-state index contributed by atoms with van der Waals surface area (Å²) in [4.78, 5) is 23.0. The Balaban J connectivity index is 1.89. The molecule has 5 heteroatoms. The SMILES string of the molecule is COC(=O)c1occc1COc1ccc2ccccc2c1C=O. The zero-order chi connectivity index (χ0) is 16.2. The van der Waals surface area contributed by atoms with E-state index in [1.165, 1.54) is 13.4 Å². The summed E-state index contributed by atoms with van der Waals surface area (Å²) in [5.74, 6) is -0.0145. The number of fused-ring (bicyclic) bond motifs is 1. The Morgan fingerprint density at radius 3 is 2.78 bits per heavy atom. The van der Waals surface area contributed by atoms with Crippen LogP contribution >= 0.6 is 0 Å². The number of benzene rings is 2. The van der Waals surface area contributed by atoms with Crippen molar-refractivity contribution >= 4 is 23.0 Å². The third-order valence-corrected chi connectivity index (χ3v) is 3.55. The minimum atomic E-state index is -0.567. The van der Waals surface area contributed by atoms with Crippen molar-refractivity contribution in [2.45, 2.75) is 6.61 Å². The second-order valence-electron chi connectivity index (χ2n) is 4.87. The quantitative estimate of drug-likeness (QED) is 0.532. The van der Waals surface area contributed by atoms with Gasteiger partial charge in [-0.15, -0.1) is 0 Å².